The summed E-state index contributed by atoms with van der Waals surface area (Å²) in [6.07, 6.45) is 0. The monoisotopic (exact) mass is 510 g/mol. The van der Waals surface area contributed by atoms with Crippen LogP contribution in [0.15, 0.2) is 72.3 Å². The maximum absolute atomic E-state index is 13.3. The summed E-state index contributed by atoms with van der Waals surface area (Å²) in [7, 11) is 1.50. The number of hydrogen-bond donors (Lipinski definition) is 1. The fourth-order valence-electron chi connectivity index (χ4n) is 3.94. The van der Waals surface area contributed by atoms with Crippen LogP contribution in [0.4, 0.5) is 5.13 Å². The van der Waals surface area contributed by atoms with Crippen molar-refractivity contribution in [3.8, 4) is 5.75 Å². The third-order valence-corrected chi connectivity index (χ3v) is 6.98. The van der Waals surface area contributed by atoms with E-state index < -0.39 is 17.7 Å². The van der Waals surface area contributed by atoms with E-state index in [9.17, 15) is 14.7 Å². The number of nitrogens with zero attached hydrogens (tertiary/aromatic N) is 2. The standard InChI is InChI=1S/C25H16Cl2N2O4S/c1-33-17-7-3-5-14(11-17)22(30)20-21(13-4-2-6-15(26)10-13)29(24(32)23(20)31)25-28-18-9-8-16(27)12-19(18)34-25/h2-12,21,30H,1H3/b22-20+. The second-order valence-electron chi connectivity index (χ2n) is 7.56. The summed E-state index contributed by atoms with van der Waals surface area (Å²) >= 11 is 13.6. The van der Waals surface area contributed by atoms with Crippen molar-refractivity contribution in [1.82, 2.24) is 4.98 Å². The van der Waals surface area contributed by atoms with Gasteiger partial charge in [-0.25, -0.2) is 4.98 Å². The van der Waals surface area contributed by atoms with Gasteiger partial charge in [0.15, 0.2) is 5.13 Å². The number of hydrogen-bond acceptors (Lipinski definition) is 6. The van der Waals surface area contributed by atoms with Gasteiger partial charge in [-0.2, -0.15) is 0 Å². The van der Waals surface area contributed by atoms with E-state index >= 15 is 0 Å². The largest absolute Gasteiger partial charge is 0.507 e. The van der Waals surface area contributed by atoms with Crippen molar-refractivity contribution in [3.63, 3.8) is 0 Å². The van der Waals surface area contributed by atoms with E-state index in [1.165, 1.54) is 23.3 Å². The molecule has 5 rings (SSSR count). The Balaban J connectivity index is 1.74. The van der Waals surface area contributed by atoms with Crippen LogP contribution in [0, 0.1) is 0 Å². The lowest BCUT2D eigenvalue weighted by atomic mass is 9.95. The quantitative estimate of drug-likeness (QED) is 0.199. The van der Waals surface area contributed by atoms with Gasteiger partial charge in [-0.3, -0.25) is 14.5 Å². The molecular formula is C25H16Cl2N2O4S. The highest BCUT2D eigenvalue weighted by Crippen LogP contribution is 2.45. The van der Waals surface area contributed by atoms with E-state index in [1.807, 2.05) is 0 Å². The van der Waals surface area contributed by atoms with Crippen LogP contribution in [0.3, 0.4) is 0 Å². The number of ether oxygens (including phenoxy) is 1. The molecule has 0 spiro atoms. The molecule has 1 amide bonds. The zero-order valence-electron chi connectivity index (χ0n) is 17.7. The van der Waals surface area contributed by atoms with Crippen molar-refractivity contribution in [2.24, 2.45) is 0 Å². The number of methoxy groups -OCH3 is 1. The number of thiazole rings is 1. The Morgan fingerprint density at radius 1 is 1.03 bits per heavy atom. The van der Waals surface area contributed by atoms with E-state index in [0.717, 1.165) is 4.70 Å². The van der Waals surface area contributed by atoms with Gasteiger partial charge in [0.2, 0.25) is 0 Å². The van der Waals surface area contributed by atoms with Crippen LogP contribution in [0.25, 0.3) is 16.0 Å². The van der Waals surface area contributed by atoms with Crippen molar-refractivity contribution in [2.75, 3.05) is 12.0 Å². The minimum atomic E-state index is -0.930. The number of anilines is 1. The number of fused-ring (bicyclic) bond motifs is 1. The van der Waals surface area contributed by atoms with Crippen LogP contribution in [0.2, 0.25) is 10.0 Å². The Morgan fingerprint density at radius 2 is 1.79 bits per heavy atom. The number of ketones is 1. The average molecular weight is 511 g/mol. The first kappa shape index (κ1) is 22.4. The number of amides is 1. The Bertz CT molecular complexity index is 1500. The molecule has 4 aromatic rings. The Morgan fingerprint density at radius 3 is 2.56 bits per heavy atom. The molecule has 1 aliphatic heterocycles. The van der Waals surface area contributed by atoms with Gasteiger partial charge >= 0.3 is 5.91 Å². The molecule has 1 saturated heterocycles. The Kier molecular flexibility index (Phi) is 5.77. The zero-order chi connectivity index (χ0) is 24.0. The molecule has 6 nitrogen and oxygen atoms in total. The minimum absolute atomic E-state index is 0.0576. The third kappa shape index (κ3) is 3.81. The second-order valence-corrected chi connectivity index (χ2v) is 9.45. The molecule has 0 radical (unpaired) electrons. The molecular weight excluding hydrogens is 495 g/mol. The van der Waals surface area contributed by atoms with E-state index in [-0.39, 0.29) is 11.3 Å². The highest BCUT2D eigenvalue weighted by atomic mass is 35.5. The number of halogens is 2. The molecule has 0 bridgehead atoms. The summed E-state index contributed by atoms with van der Waals surface area (Å²) in [5.41, 5.74) is 1.50. The van der Waals surface area contributed by atoms with Crippen LogP contribution < -0.4 is 9.64 Å². The predicted octanol–water partition coefficient (Wildman–Crippen LogP) is 6.24. The van der Waals surface area contributed by atoms with Gasteiger partial charge in [-0.15, -0.1) is 0 Å². The first-order chi connectivity index (χ1) is 16.4. The van der Waals surface area contributed by atoms with E-state index in [1.54, 1.807) is 66.7 Å². The lowest BCUT2D eigenvalue weighted by Crippen LogP contribution is -2.29. The van der Waals surface area contributed by atoms with E-state index in [4.69, 9.17) is 27.9 Å². The van der Waals surface area contributed by atoms with Crippen molar-refractivity contribution in [1.29, 1.82) is 0 Å². The first-order valence-corrected chi connectivity index (χ1v) is 11.7. The second kappa shape index (κ2) is 8.76. The molecule has 1 aromatic heterocycles. The highest BCUT2D eigenvalue weighted by molar-refractivity contribution is 7.22. The summed E-state index contributed by atoms with van der Waals surface area (Å²) in [6.45, 7) is 0. The molecule has 3 aromatic carbocycles. The summed E-state index contributed by atoms with van der Waals surface area (Å²) in [4.78, 5) is 32.5. The number of aliphatic hydroxyl groups excluding tert-OH is 1. The molecule has 0 saturated carbocycles. The topological polar surface area (TPSA) is 79.7 Å². The van der Waals surface area contributed by atoms with Crippen LogP contribution in [-0.2, 0) is 9.59 Å². The number of Topliss-reactive ketones (excluding diaryl/α,β-unsaturated/α-hetero) is 1. The van der Waals surface area contributed by atoms with Crippen LogP contribution in [0.5, 0.6) is 5.75 Å². The fourth-order valence-corrected chi connectivity index (χ4v) is 5.40. The number of carbonyl (C=O) groups is 2. The average Bonchev–Trinajstić information content (AvgIpc) is 3.36. The maximum Gasteiger partial charge on any atom is 0.301 e. The van der Waals surface area contributed by atoms with Crippen LogP contribution >= 0.6 is 34.5 Å². The molecule has 1 fully saturated rings. The molecule has 0 aliphatic carbocycles. The summed E-state index contributed by atoms with van der Waals surface area (Å²) in [5, 5.41) is 12.5. The van der Waals surface area contributed by atoms with Crippen molar-refractivity contribution < 1.29 is 19.4 Å². The van der Waals surface area contributed by atoms with Crippen molar-refractivity contribution in [3.05, 3.63) is 93.5 Å². The molecule has 2 heterocycles. The summed E-state index contributed by atoms with van der Waals surface area (Å²) in [6, 6.07) is 17.7. The van der Waals surface area contributed by atoms with Gasteiger partial charge in [0.1, 0.15) is 11.5 Å². The van der Waals surface area contributed by atoms with Crippen LogP contribution in [0.1, 0.15) is 17.2 Å². The van der Waals surface area contributed by atoms with Crippen molar-refractivity contribution >= 4 is 67.3 Å². The smallest absolute Gasteiger partial charge is 0.301 e. The molecule has 1 N–H and O–H groups in total. The maximum atomic E-state index is 13.3. The zero-order valence-corrected chi connectivity index (χ0v) is 20.0. The SMILES string of the molecule is COc1cccc(/C(O)=C2\C(=O)C(=O)N(c3nc4ccc(Cl)cc4s3)C2c2cccc(Cl)c2)c1. The Labute approximate surface area is 208 Å². The van der Waals surface area contributed by atoms with Gasteiger partial charge in [0, 0.05) is 15.6 Å². The van der Waals surface area contributed by atoms with Gasteiger partial charge < -0.3 is 9.84 Å². The molecule has 1 unspecified atom stereocenters. The molecule has 9 heteroatoms. The fraction of sp³-hybridized carbons (Fsp3) is 0.0800. The number of carbonyl (C=O) groups excluding carboxylic acids is 2. The Hall–Kier alpha value is -3.39. The van der Waals surface area contributed by atoms with Gasteiger partial charge in [0.25, 0.3) is 5.78 Å². The van der Waals surface area contributed by atoms with Gasteiger partial charge in [-0.05, 0) is 48.0 Å². The van der Waals surface area contributed by atoms with Crippen molar-refractivity contribution in [2.45, 2.75) is 6.04 Å². The predicted molar refractivity (Wildman–Crippen MR) is 134 cm³/mol. The number of aliphatic hydroxyl groups is 1. The van der Waals surface area contributed by atoms with Crippen LogP contribution in [-0.4, -0.2) is 28.9 Å². The normalized spacial score (nSPS) is 17.5. The first-order valence-electron chi connectivity index (χ1n) is 10.1. The molecule has 1 atom stereocenters. The minimum Gasteiger partial charge on any atom is -0.507 e. The van der Waals surface area contributed by atoms with E-state index in [2.05, 4.69) is 4.98 Å². The number of benzene rings is 3. The number of rotatable bonds is 4. The number of aromatic nitrogens is 1. The lowest BCUT2D eigenvalue weighted by Gasteiger charge is -2.23. The molecule has 34 heavy (non-hydrogen) atoms. The van der Waals surface area contributed by atoms with Gasteiger partial charge in [0.05, 0.1) is 28.9 Å². The summed E-state index contributed by atoms with van der Waals surface area (Å²) in [5.74, 6) is -1.42. The third-order valence-electron chi connectivity index (χ3n) is 5.50. The highest BCUT2D eigenvalue weighted by Gasteiger charge is 2.48. The van der Waals surface area contributed by atoms with E-state index in [0.29, 0.717) is 37.6 Å². The molecule has 1 aliphatic rings. The summed E-state index contributed by atoms with van der Waals surface area (Å²) < 4.78 is 6.01. The molecule has 170 valence electrons. The van der Waals surface area contributed by atoms with Gasteiger partial charge in [-0.1, -0.05) is 58.8 Å². The lowest BCUT2D eigenvalue weighted by molar-refractivity contribution is -0.132.